The molecule has 2 saturated heterocycles. The molecule has 7 nitrogen and oxygen atoms in total. The Hall–Kier alpha value is -1.84. The third-order valence-corrected chi connectivity index (χ3v) is 8.21. The standard InChI is InChI=1S/C22H24Cl2N2O5S/c23-17-5-8-20(24)21(14-17)32(28,29)26-11-9-25(10-12-26)22(27)16-3-6-18(7-4-16)31-15-19-2-1-13-30-19/h3-8,14,19H,1-2,9-13,15H2/t19-/m1/s1. The third kappa shape index (κ3) is 5.21. The highest BCUT2D eigenvalue weighted by Gasteiger charge is 2.32. The highest BCUT2D eigenvalue weighted by atomic mass is 35.5. The molecule has 2 aromatic carbocycles. The fourth-order valence-electron chi connectivity index (χ4n) is 3.79. The van der Waals surface area contributed by atoms with E-state index in [1.165, 1.54) is 16.4 Å². The molecule has 0 spiro atoms. The maximum absolute atomic E-state index is 13.0. The number of carbonyl (C=O) groups is 1. The van der Waals surface area contributed by atoms with Gasteiger partial charge >= 0.3 is 0 Å². The predicted molar refractivity (Wildman–Crippen MR) is 122 cm³/mol. The molecule has 0 unspecified atom stereocenters. The van der Waals surface area contributed by atoms with Crippen LogP contribution in [0.15, 0.2) is 47.4 Å². The number of benzene rings is 2. The molecule has 0 bridgehead atoms. The highest BCUT2D eigenvalue weighted by Crippen LogP contribution is 2.28. The maximum Gasteiger partial charge on any atom is 0.253 e. The summed E-state index contributed by atoms with van der Waals surface area (Å²) in [5.74, 6) is 0.542. The Labute approximate surface area is 197 Å². The van der Waals surface area contributed by atoms with Crippen molar-refractivity contribution in [3.63, 3.8) is 0 Å². The number of sulfonamides is 1. The molecule has 2 heterocycles. The van der Waals surface area contributed by atoms with Gasteiger partial charge in [0.05, 0.1) is 11.1 Å². The molecule has 10 heteroatoms. The molecule has 0 radical (unpaired) electrons. The van der Waals surface area contributed by atoms with Crippen LogP contribution in [0.5, 0.6) is 5.75 Å². The zero-order valence-electron chi connectivity index (χ0n) is 17.4. The number of hydrogen-bond donors (Lipinski definition) is 0. The van der Waals surface area contributed by atoms with Crippen molar-refractivity contribution < 1.29 is 22.7 Å². The second-order valence-corrected chi connectivity index (χ2v) is 10.5. The minimum atomic E-state index is -3.80. The largest absolute Gasteiger partial charge is 0.491 e. The quantitative estimate of drug-likeness (QED) is 0.606. The van der Waals surface area contributed by atoms with Gasteiger partial charge in [-0.3, -0.25) is 4.79 Å². The summed E-state index contributed by atoms with van der Waals surface area (Å²) < 4.78 is 38.5. The van der Waals surface area contributed by atoms with Crippen molar-refractivity contribution in [3.8, 4) is 5.75 Å². The lowest BCUT2D eigenvalue weighted by atomic mass is 10.2. The summed E-state index contributed by atoms with van der Waals surface area (Å²) in [6, 6.07) is 11.3. The second-order valence-electron chi connectivity index (χ2n) is 7.74. The molecule has 0 aromatic heterocycles. The number of amides is 1. The zero-order chi connectivity index (χ0) is 22.7. The van der Waals surface area contributed by atoms with Crippen LogP contribution in [-0.2, 0) is 14.8 Å². The average Bonchev–Trinajstić information content (AvgIpc) is 3.33. The molecule has 172 valence electrons. The van der Waals surface area contributed by atoms with Gasteiger partial charge < -0.3 is 14.4 Å². The Kier molecular flexibility index (Phi) is 7.27. The fraction of sp³-hybridized carbons (Fsp3) is 0.409. The van der Waals surface area contributed by atoms with E-state index in [2.05, 4.69) is 0 Å². The minimum absolute atomic E-state index is 0.0231. The van der Waals surface area contributed by atoms with Crippen LogP contribution in [0.3, 0.4) is 0 Å². The van der Waals surface area contributed by atoms with Crippen LogP contribution in [0, 0.1) is 0 Å². The predicted octanol–water partition coefficient (Wildman–Crippen LogP) is 3.70. The smallest absolute Gasteiger partial charge is 0.253 e. The van der Waals surface area contributed by atoms with E-state index in [9.17, 15) is 13.2 Å². The van der Waals surface area contributed by atoms with Gasteiger partial charge in [0.25, 0.3) is 5.91 Å². The van der Waals surface area contributed by atoms with Gasteiger partial charge in [-0.1, -0.05) is 23.2 Å². The first-order chi connectivity index (χ1) is 15.3. The number of ether oxygens (including phenoxy) is 2. The van der Waals surface area contributed by atoms with Gasteiger partial charge in [-0.15, -0.1) is 0 Å². The summed E-state index contributed by atoms with van der Waals surface area (Å²) >= 11 is 12.0. The van der Waals surface area contributed by atoms with Crippen molar-refractivity contribution >= 4 is 39.1 Å². The second kappa shape index (κ2) is 9.97. The molecule has 0 saturated carbocycles. The third-order valence-electron chi connectivity index (χ3n) is 5.60. The summed E-state index contributed by atoms with van der Waals surface area (Å²) in [6.07, 6.45) is 2.19. The summed E-state index contributed by atoms with van der Waals surface area (Å²) in [5, 5.41) is 0.416. The monoisotopic (exact) mass is 498 g/mol. The Morgan fingerprint density at radius 1 is 1.06 bits per heavy atom. The molecular formula is C22H24Cl2N2O5S. The normalized spacial score (nSPS) is 19.8. The van der Waals surface area contributed by atoms with Crippen LogP contribution < -0.4 is 4.74 Å². The molecule has 1 atom stereocenters. The summed E-state index contributed by atoms with van der Waals surface area (Å²) in [5.41, 5.74) is 0.531. The fourth-order valence-corrected chi connectivity index (χ4v) is 5.95. The summed E-state index contributed by atoms with van der Waals surface area (Å²) in [7, 11) is -3.80. The van der Waals surface area contributed by atoms with Crippen molar-refractivity contribution in [3.05, 3.63) is 58.1 Å². The van der Waals surface area contributed by atoms with Gasteiger partial charge in [-0.25, -0.2) is 8.42 Å². The van der Waals surface area contributed by atoms with E-state index in [1.807, 2.05) is 0 Å². The lowest BCUT2D eigenvalue weighted by Gasteiger charge is -2.34. The van der Waals surface area contributed by atoms with Gasteiger partial charge in [-0.2, -0.15) is 4.31 Å². The summed E-state index contributed by atoms with van der Waals surface area (Å²) in [4.78, 5) is 14.5. The molecule has 0 N–H and O–H groups in total. The van der Waals surface area contributed by atoms with E-state index in [4.69, 9.17) is 32.7 Å². The number of nitrogens with zero attached hydrogens (tertiary/aromatic N) is 2. The Balaban J connectivity index is 1.34. The Morgan fingerprint density at radius 2 is 1.78 bits per heavy atom. The molecule has 2 aliphatic heterocycles. The van der Waals surface area contributed by atoms with Crippen molar-refractivity contribution in [1.29, 1.82) is 0 Å². The molecule has 2 fully saturated rings. The van der Waals surface area contributed by atoms with Crippen LogP contribution in [0.4, 0.5) is 0 Å². The Bertz CT molecular complexity index is 1060. The average molecular weight is 499 g/mol. The van der Waals surface area contributed by atoms with E-state index in [-0.39, 0.29) is 48.1 Å². The first-order valence-electron chi connectivity index (χ1n) is 10.4. The van der Waals surface area contributed by atoms with Crippen LogP contribution in [0.1, 0.15) is 23.2 Å². The highest BCUT2D eigenvalue weighted by molar-refractivity contribution is 7.89. The molecular weight excluding hydrogens is 475 g/mol. The van der Waals surface area contributed by atoms with Gasteiger partial charge in [0, 0.05) is 43.4 Å². The topological polar surface area (TPSA) is 76.2 Å². The van der Waals surface area contributed by atoms with Crippen molar-refractivity contribution in [2.24, 2.45) is 0 Å². The molecule has 2 aromatic rings. The molecule has 32 heavy (non-hydrogen) atoms. The number of rotatable bonds is 6. The Morgan fingerprint density at radius 3 is 2.44 bits per heavy atom. The lowest BCUT2D eigenvalue weighted by molar-refractivity contribution is 0.0676. The molecule has 0 aliphatic carbocycles. The van der Waals surface area contributed by atoms with Crippen LogP contribution >= 0.6 is 23.2 Å². The lowest BCUT2D eigenvalue weighted by Crippen LogP contribution is -2.50. The van der Waals surface area contributed by atoms with E-state index in [0.717, 1.165) is 19.4 Å². The number of piperazine rings is 1. The SMILES string of the molecule is O=C(c1ccc(OC[C@H]2CCCO2)cc1)N1CCN(S(=O)(=O)c2cc(Cl)ccc2Cl)CC1. The zero-order valence-corrected chi connectivity index (χ0v) is 19.7. The maximum atomic E-state index is 13.0. The van der Waals surface area contributed by atoms with Gasteiger partial charge in [0.1, 0.15) is 17.3 Å². The van der Waals surface area contributed by atoms with E-state index in [0.29, 0.717) is 22.9 Å². The first kappa shape index (κ1) is 23.3. The number of halogens is 2. The van der Waals surface area contributed by atoms with Crippen LogP contribution in [0.2, 0.25) is 10.0 Å². The van der Waals surface area contributed by atoms with Crippen molar-refractivity contribution in [2.45, 2.75) is 23.8 Å². The van der Waals surface area contributed by atoms with Crippen molar-refractivity contribution in [2.75, 3.05) is 39.4 Å². The number of carbonyl (C=O) groups excluding carboxylic acids is 1. The minimum Gasteiger partial charge on any atom is -0.491 e. The summed E-state index contributed by atoms with van der Waals surface area (Å²) in [6.45, 7) is 2.21. The van der Waals surface area contributed by atoms with Crippen LogP contribution in [0.25, 0.3) is 0 Å². The van der Waals surface area contributed by atoms with E-state index >= 15 is 0 Å². The van der Waals surface area contributed by atoms with Crippen LogP contribution in [-0.4, -0.2) is 69.0 Å². The van der Waals surface area contributed by atoms with Gasteiger partial charge in [-0.05, 0) is 55.3 Å². The van der Waals surface area contributed by atoms with Gasteiger partial charge in [0.15, 0.2) is 0 Å². The van der Waals surface area contributed by atoms with E-state index in [1.54, 1.807) is 35.2 Å². The number of hydrogen-bond acceptors (Lipinski definition) is 5. The molecule has 4 rings (SSSR count). The molecule has 1 amide bonds. The van der Waals surface area contributed by atoms with Crippen molar-refractivity contribution in [1.82, 2.24) is 9.21 Å². The molecule has 2 aliphatic rings. The van der Waals surface area contributed by atoms with Gasteiger partial charge in [0.2, 0.25) is 10.0 Å². The first-order valence-corrected chi connectivity index (χ1v) is 12.6. The van der Waals surface area contributed by atoms with E-state index < -0.39 is 10.0 Å².